The molecule has 0 unspecified atom stereocenters. The maximum atomic E-state index is 10.6. The Bertz CT molecular complexity index is 236. The van der Waals surface area contributed by atoms with E-state index in [0.29, 0.717) is 12.5 Å². The van der Waals surface area contributed by atoms with Crippen molar-refractivity contribution in [3.05, 3.63) is 12.3 Å². The van der Waals surface area contributed by atoms with Crippen LogP contribution < -0.4 is 5.73 Å². The third-order valence-corrected chi connectivity index (χ3v) is 1.39. The molecule has 14 heavy (non-hydrogen) atoms. The molecule has 0 saturated carbocycles. The summed E-state index contributed by atoms with van der Waals surface area (Å²) in [6.45, 7) is 4.60. The van der Waals surface area contributed by atoms with Crippen LogP contribution >= 0.6 is 0 Å². The van der Waals surface area contributed by atoms with Gasteiger partial charge < -0.3 is 15.7 Å². The first kappa shape index (κ1) is 12.5. The second-order valence-corrected chi connectivity index (χ2v) is 3.44. The lowest BCUT2D eigenvalue weighted by Gasteiger charge is -2.20. The van der Waals surface area contributed by atoms with E-state index in [-0.39, 0.29) is 6.54 Å². The van der Waals surface area contributed by atoms with E-state index in [2.05, 4.69) is 0 Å². The zero-order chi connectivity index (χ0) is 11.1. The van der Waals surface area contributed by atoms with Crippen molar-refractivity contribution in [3.8, 4) is 0 Å². The summed E-state index contributed by atoms with van der Waals surface area (Å²) in [5.74, 6) is -1.17. The average molecular weight is 200 g/mol. The minimum atomic E-state index is -1.04. The molecule has 0 aromatic heterocycles. The van der Waals surface area contributed by atoms with Crippen molar-refractivity contribution in [3.63, 3.8) is 0 Å². The van der Waals surface area contributed by atoms with Gasteiger partial charge in [-0.1, -0.05) is 13.8 Å². The fourth-order valence-corrected chi connectivity index (χ4v) is 1.02. The van der Waals surface area contributed by atoms with Gasteiger partial charge in [-0.15, -0.1) is 0 Å². The molecule has 5 nitrogen and oxygen atoms in total. The maximum Gasteiger partial charge on any atom is 0.329 e. The monoisotopic (exact) mass is 200 g/mol. The predicted molar refractivity (Wildman–Crippen MR) is 52.4 cm³/mol. The van der Waals surface area contributed by atoms with E-state index in [1.54, 1.807) is 4.90 Å². The third kappa shape index (κ3) is 7.15. The van der Waals surface area contributed by atoms with Gasteiger partial charge in [0.1, 0.15) is 0 Å². The summed E-state index contributed by atoms with van der Waals surface area (Å²) in [5.41, 5.74) is 5.01. The van der Waals surface area contributed by atoms with E-state index in [4.69, 9.17) is 10.8 Å². The molecule has 80 valence electrons. The van der Waals surface area contributed by atoms with Crippen LogP contribution in [-0.4, -0.2) is 35.0 Å². The highest BCUT2D eigenvalue weighted by Gasteiger charge is 2.05. The molecule has 0 atom stereocenters. The Morgan fingerprint density at radius 1 is 1.50 bits per heavy atom. The zero-order valence-electron chi connectivity index (χ0n) is 8.43. The fraction of sp³-hybridized carbons (Fsp3) is 0.556. The van der Waals surface area contributed by atoms with Crippen molar-refractivity contribution in [1.82, 2.24) is 4.90 Å². The number of carboxylic acids is 1. The van der Waals surface area contributed by atoms with E-state index in [0.717, 1.165) is 6.08 Å². The number of carboxylic acid groups (broad SMARTS) is 1. The Hall–Kier alpha value is -1.52. The van der Waals surface area contributed by atoms with Crippen molar-refractivity contribution in [2.24, 2.45) is 11.7 Å². The van der Waals surface area contributed by atoms with Crippen molar-refractivity contribution in [2.45, 2.75) is 13.8 Å². The van der Waals surface area contributed by atoms with E-state index in [9.17, 15) is 9.59 Å². The second-order valence-electron chi connectivity index (χ2n) is 3.44. The van der Waals surface area contributed by atoms with Gasteiger partial charge in [-0.2, -0.15) is 0 Å². The van der Waals surface area contributed by atoms with Gasteiger partial charge in [-0.3, -0.25) is 4.79 Å². The molecule has 0 aliphatic rings. The van der Waals surface area contributed by atoms with Gasteiger partial charge in [-0.25, -0.2) is 4.79 Å². The Morgan fingerprint density at radius 3 is 2.43 bits per heavy atom. The molecule has 0 aromatic carbocycles. The van der Waals surface area contributed by atoms with Crippen LogP contribution in [0.1, 0.15) is 13.8 Å². The van der Waals surface area contributed by atoms with E-state index in [1.165, 1.54) is 6.20 Å². The zero-order valence-corrected chi connectivity index (χ0v) is 8.43. The first-order valence-corrected chi connectivity index (χ1v) is 4.35. The molecule has 5 heteroatoms. The molecule has 0 heterocycles. The Balaban J connectivity index is 4.23. The van der Waals surface area contributed by atoms with Crippen LogP contribution in [-0.2, 0) is 9.59 Å². The lowest BCUT2D eigenvalue weighted by molar-refractivity contribution is -0.131. The standard InChI is InChI=1S/C9H16N2O3/c1-7(2)5-11(6-8(10)12)4-3-9(13)14/h3-4,7H,5-6H2,1-2H3,(H2,10,12)(H,13,14). The Kier molecular flexibility index (Phi) is 5.36. The van der Waals surface area contributed by atoms with Gasteiger partial charge in [0.2, 0.25) is 5.91 Å². The smallest absolute Gasteiger partial charge is 0.329 e. The molecule has 0 fully saturated rings. The van der Waals surface area contributed by atoms with Gasteiger partial charge >= 0.3 is 5.97 Å². The number of rotatable bonds is 6. The quantitative estimate of drug-likeness (QED) is 0.592. The molecular formula is C9H16N2O3. The number of primary amides is 1. The van der Waals surface area contributed by atoms with Crippen molar-refractivity contribution < 1.29 is 14.7 Å². The van der Waals surface area contributed by atoms with Crippen LogP contribution in [0.25, 0.3) is 0 Å². The van der Waals surface area contributed by atoms with Crippen LogP contribution in [0, 0.1) is 5.92 Å². The minimum Gasteiger partial charge on any atom is -0.478 e. The number of aliphatic carboxylic acids is 1. The molecule has 0 aliphatic heterocycles. The summed E-state index contributed by atoms with van der Waals surface area (Å²) in [6, 6.07) is 0. The summed E-state index contributed by atoms with van der Waals surface area (Å²) in [6.07, 6.45) is 2.36. The van der Waals surface area contributed by atoms with Crippen LogP contribution in [0.15, 0.2) is 12.3 Å². The summed E-state index contributed by atoms with van der Waals surface area (Å²) in [5, 5.41) is 8.40. The number of hydrogen-bond donors (Lipinski definition) is 2. The topological polar surface area (TPSA) is 83.6 Å². The number of nitrogens with two attached hydrogens (primary N) is 1. The summed E-state index contributed by atoms with van der Waals surface area (Å²) < 4.78 is 0. The van der Waals surface area contributed by atoms with Crippen molar-refractivity contribution >= 4 is 11.9 Å². The maximum absolute atomic E-state index is 10.6. The predicted octanol–water partition coefficient (Wildman–Crippen LogP) is 0.0280. The van der Waals surface area contributed by atoms with Gasteiger partial charge in [0.05, 0.1) is 6.54 Å². The van der Waals surface area contributed by atoms with Crippen LogP contribution in [0.4, 0.5) is 0 Å². The fourth-order valence-electron chi connectivity index (χ4n) is 1.02. The molecule has 1 amide bonds. The number of hydrogen-bond acceptors (Lipinski definition) is 3. The van der Waals surface area contributed by atoms with E-state index < -0.39 is 11.9 Å². The van der Waals surface area contributed by atoms with Gasteiger partial charge in [-0.05, 0) is 5.92 Å². The first-order chi connectivity index (χ1) is 6.41. The highest BCUT2D eigenvalue weighted by atomic mass is 16.4. The van der Waals surface area contributed by atoms with Gasteiger partial charge in [0.15, 0.2) is 0 Å². The van der Waals surface area contributed by atoms with E-state index in [1.807, 2.05) is 13.8 Å². The number of amides is 1. The molecule has 0 aromatic rings. The highest BCUT2D eigenvalue weighted by Crippen LogP contribution is 1.98. The Morgan fingerprint density at radius 2 is 2.07 bits per heavy atom. The van der Waals surface area contributed by atoms with Crippen LogP contribution in [0.3, 0.4) is 0 Å². The third-order valence-electron chi connectivity index (χ3n) is 1.39. The largest absolute Gasteiger partial charge is 0.478 e. The molecule has 0 rings (SSSR count). The molecule has 0 saturated heterocycles. The summed E-state index contributed by atoms with van der Waals surface area (Å²) in [4.78, 5) is 22.5. The Labute approximate surface area is 83.2 Å². The normalized spacial score (nSPS) is 10.8. The molecule has 0 spiro atoms. The lowest BCUT2D eigenvalue weighted by atomic mass is 10.2. The minimum absolute atomic E-state index is 0.0436. The number of nitrogens with zero attached hydrogens (tertiary/aromatic N) is 1. The van der Waals surface area contributed by atoms with Crippen LogP contribution in [0.5, 0.6) is 0 Å². The molecule has 3 N–H and O–H groups in total. The number of carbonyl (C=O) groups excluding carboxylic acids is 1. The first-order valence-electron chi connectivity index (χ1n) is 4.35. The second kappa shape index (κ2) is 6.01. The SMILES string of the molecule is CC(C)CN(C=CC(=O)O)CC(N)=O. The van der Waals surface area contributed by atoms with Crippen LogP contribution in [0.2, 0.25) is 0 Å². The highest BCUT2D eigenvalue weighted by molar-refractivity contribution is 5.80. The lowest BCUT2D eigenvalue weighted by Crippen LogP contribution is -2.32. The molecular weight excluding hydrogens is 184 g/mol. The number of carbonyl (C=O) groups is 2. The van der Waals surface area contributed by atoms with Crippen molar-refractivity contribution in [2.75, 3.05) is 13.1 Å². The molecule has 0 bridgehead atoms. The van der Waals surface area contributed by atoms with Gasteiger partial charge in [0, 0.05) is 18.8 Å². The van der Waals surface area contributed by atoms with Gasteiger partial charge in [0.25, 0.3) is 0 Å². The summed E-state index contributed by atoms with van der Waals surface area (Å²) >= 11 is 0. The average Bonchev–Trinajstić information content (AvgIpc) is 1.97. The summed E-state index contributed by atoms with van der Waals surface area (Å²) in [7, 11) is 0. The molecule has 0 aliphatic carbocycles. The molecule has 0 radical (unpaired) electrons. The van der Waals surface area contributed by atoms with E-state index >= 15 is 0 Å². The van der Waals surface area contributed by atoms with Crippen molar-refractivity contribution in [1.29, 1.82) is 0 Å².